The van der Waals surface area contributed by atoms with Crippen molar-refractivity contribution in [3.63, 3.8) is 0 Å². The number of carbonyl (C=O) groups is 1. The summed E-state index contributed by atoms with van der Waals surface area (Å²) in [6, 6.07) is 5.89. The molecule has 7 nitrogen and oxygen atoms in total. The maximum absolute atomic E-state index is 12.2. The summed E-state index contributed by atoms with van der Waals surface area (Å²) in [6.45, 7) is 0. The van der Waals surface area contributed by atoms with Crippen LogP contribution in [0.1, 0.15) is 16.1 Å². The first-order chi connectivity index (χ1) is 9.85. The number of carboxylic acids is 1. The number of nitriles is 1. The average Bonchev–Trinajstić information content (AvgIpc) is 2.91. The van der Waals surface area contributed by atoms with Crippen LogP contribution in [0.3, 0.4) is 0 Å². The van der Waals surface area contributed by atoms with E-state index in [-0.39, 0.29) is 16.3 Å². The van der Waals surface area contributed by atoms with Gasteiger partial charge in [0.25, 0.3) is 10.0 Å². The van der Waals surface area contributed by atoms with Gasteiger partial charge in [0.1, 0.15) is 0 Å². The highest BCUT2D eigenvalue weighted by Gasteiger charge is 2.26. The van der Waals surface area contributed by atoms with Crippen LogP contribution in [0.5, 0.6) is 0 Å². The van der Waals surface area contributed by atoms with E-state index in [1.54, 1.807) is 0 Å². The second-order valence-corrected chi connectivity index (χ2v) is 6.85. The predicted molar refractivity (Wildman–Crippen MR) is 76.0 cm³/mol. The molecule has 0 atom stereocenters. The number of hydrogen-bond acceptors (Lipinski definition) is 6. The largest absolute Gasteiger partial charge is 0.476 e. The van der Waals surface area contributed by atoms with Crippen LogP contribution >= 0.6 is 22.9 Å². The van der Waals surface area contributed by atoms with Crippen LogP contribution in [0.15, 0.2) is 27.9 Å². The van der Waals surface area contributed by atoms with Crippen molar-refractivity contribution in [1.29, 1.82) is 5.26 Å². The first-order valence-corrected chi connectivity index (χ1v) is 7.98. The average molecular weight is 344 g/mol. The number of halogens is 1. The molecule has 0 radical (unpaired) electrons. The molecule has 21 heavy (non-hydrogen) atoms. The fraction of sp³-hybridized carbons (Fsp3) is 0. The van der Waals surface area contributed by atoms with Crippen molar-refractivity contribution in [2.75, 3.05) is 4.72 Å². The quantitative estimate of drug-likeness (QED) is 0.877. The van der Waals surface area contributed by atoms with Gasteiger partial charge in [-0.1, -0.05) is 11.6 Å². The molecule has 0 fully saturated rings. The maximum atomic E-state index is 12.2. The Kier molecular flexibility index (Phi) is 4.13. The molecule has 0 saturated carbocycles. The van der Waals surface area contributed by atoms with Crippen LogP contribution in [0.2, 0.25) is 5.02 Å². The Morgan fingerprint density at radius 2 is 2.19 bits per heavy atom. The Hall–Kier alpha value is -2.15. The lowest BCUT2D eigenvalue weighted by Gasteiger charge is -2.08. The Bertz CT molecular complexity index is 855. The molecule has 0 unspecified atom stereocenters. The topological polar surface area (TPSA) is 120 Å². The van der Waals surface area contributed by atoms with E-state index in [4.69, 9.17) is 22.0 Å². The van der Waals surface area contributed by atoms with Crippen molar-refractivity contribution in [1.82, 2.24) is 4.98 Å². The number of sulfonamides is 1. The standard InChI is InChI=1S/C11H6ClN3O4S2/c12-7-2-1-6(4-13)3-8(7)15-21(18,19)11-9(10(16)17)14-5-20-11/h1-3,5,15H,(H,16,17). The van der Waals surface area contributed by atoms with Crippen LogP contribution < -0.4 is 4.72 Å². The van der Waals surface area contributed by atoms with Gasteiger partial charge in [-0.2, -0.15) is 5.26 Å². The van der Waals surface area contributed by atoms with Gasteiger partial charge < -0.3 is 5.11 Å². The van der Waals surface area contributed by atoms with Crippen molar-refractivity contribution in [2.45, 2.75) is 4.21 Å². The summed E-state index contributed by atoms with van der Waals surface area (Å²) in [5.74, 6) is -1.45. The number of hydrogen-bond donors (Lipinski definition) is 2. The van der Waals surface area contributed by atoms with Crippen LogP contribution in [0.25, 0.3) is 0 Å². The zero-order chi connectivity index (χ0) is 15.6. The van der Waals surface area contributed by atoms with E-state index in [0.717, 1.165) is 5.51 Å². The lowest BCUT2D eigenvalue weighted by molar-refractivity contribution is 0.0687. The van der Waals surface area contributed by atoms with Crippen molar-refractivity contribution in [3.8, 4) is 6.07 Å². The van der Waals surface area contributed by atoms with Crippen LogP contribution in [0.4, 0.5) is 5.69 Å². The summed E-state index contributed by atoms with van der Waals surface area (Å²) in [4.78, 5) is 14.4. The van der Waals surface area contributed by atoms with Crippen molar-refractivity contribution >= 4 is 44.6 Å². The normalized spacial score (nSPS) is 10.9. The number of carboxylic acid groups (broad SMARTS) is 1. The van der Waals surface area contributed by atoms with E-state index in [1.165, 1.54) is 18.2 Å². The van der Waals surface area contributed by atoms with Gasteiger partial charge in [0.15, 0.2) is 9.90 Å². The van der Waals surface area contributed by atoms with Gasteiger partial charge in [-0.3, -0.25) is 4.72 Å². The molecular weight excluding hydrogens is 338 g/mol. The Morgan fingerprint density at radius 1 is 1.48 bits per heavy atom. The van der Waals surface area contributed by atoms with Crippen molar-refractivity contribution < 1.29 is 18.3 Å². The van der Waals surface area contributed by atoms with Gasteiger partial charge in [-0.05, 0) is 18.2 Å². The SMILES string of the molecule is N#Cc1ccc(Cl)c(NS(=O)(=O)c2scnc2C(=O)O)c1. The summed E-state index contributed by atoms with van der Waals surface area (Å²) in [5.41, 5.74) is 0.742. The summed E-state index contributed by atoms with van der Waals surface area (Å²) in [7, 11) is -4.16. The van der Waals surface area contributed by atoms with Gasteiger partial charge in [0.2, 0.25) is 0 Å². The highest BCUT2D eigenvalue weighted by molar-refractivity contribution is 7.94. The van der Waals surface area contributed by atoms with E-state index in [2.05, 4.69) is 9.71 Å². The van der Waals surface area contributed by atoms with Gasteiger partial charge >= 0.3 is 5.97 Å². The minimum atomic E-state index is -4.16. The highest BCUT2D eigenvalue weighted by atomic mass is 35.5. The molecule has 10 heteroatoms. The second-order valence-electron chi connectivity index (χ2n) is 3.71. The molecule has 0 aliphatic rings. The summed E-state index contributed by atoms with van der Waals surface area (Å²) in [5, 5.41) is 17.8. The predicted octanol–water partition coefficient (Wildman–Crippen LogP) is 2.17. The number of rotatable bonds is 4. The molecule has 0 amide bonds. The number of aromatic nitrogens is 1. The molecule has 0 spiro atoms. The smallest absolute Gasteiger partial charge is 0.356 e. The van der Waals surface area contributed by atoms with E-state index < -0.39 is 25.9 Å². The van der Waals surface area contributed by atoms with Crippen LogP contribution in [0, 0.1) is 11.3 Å². The lowest BCUT2D eigenvalue weighted by atomic mass is 10.2. The third-order valence-corrected chi connectivity index (χ3v) is 5.39. The Morgan fingerprint density at radius 3 is 2.81 bits per heavy atom. The Balaban J connectivity index is 2.45. The fourth-order valence-electron chi connectivity index (χ4n) is 1.43. The number of nitrogens with zero attached hydrogens (tertiary/aromatic N) is 2. The van der Waals surface area contributed by atoms with Crippen LogP contribution in [-0.2, 0) is 10.0 Å². The highest BCUT2D eigenvalue weighted by Crippen LogP contribution is 2.28. The zero-order valence-corrected chi connectivity index (χ0v) is 12.5. The van der Waals surface area contributed by atoms with E-state index in [1.807, 2.05) is 6.07 Å². The number of aromatic carboxylic acids is 1. The number of nitrogens with one attached hydrogen (secondary N) is 1. The maximum Gasteiger partial charge on any atom is 0.356 e. The molecule has 0 aliphatic heterocycles. The monoisotopic (exact) mass is 343 g/mol. The number of benzene rings is 1. The van der Waals surface area contributed by atoms with Gasteiger partial charge in [0.05, 0.1) is 27.9 Å². The zero-order valence-electron chi connectivity index (χ0n) is 10.1. The molecule has 0 aliphatic carbocycles. The molecule has 1 heterocycles. The molecule has 0 bridgehead atoms. The summed E-state index contributed by atoms with van der Waals surface area (Å²) >= 11 is 6.53. The number of thiazole rings is 1. The van der Waals surface area contributed by atoms with Gasteiger partial charge in [0, 0.05) is 0 Å². The Labute approximate surface area is 128 Å². The summed E-state index contributed by atoms with van der Waals surface area (Å²) in [6.07, 6.45) is 0. The third-order valence-electron chi connectivity index (χ3n) is 2.32. The number of anilines is 1. The molecule has 1 aromatic carbocycles. The lowest BCUT2D eigenvalue weighted by Crippen LogP contribution is -2.15. The second kappa shape index (κ2) is 5.69. The van der Waals surface area contributed by atoms with Gasteiger partial charge in [-0.25, -0.2) is 18.2 Å². The van der Waals surface area contributed by atoms with Crippen molar-refractivity contribution in [2.24, 2.45) is 0 Å². The van der Waals surface area contributed by atoms with E-state index in [9.17, 15) is 13.2 Å². The molecule has 2 rings (SSSR count). The molecule has 108 valence electrons. The van der Waals surface area contributed by atoms with Gasteiger partial charge in [-0.15, -0.1) is 11.3 Å². The summed E-state index contributed by atoms with van der Waals surface area (Å²) < 4.78 is 26.1. The molecule has 1 aromatic heterocycles. The molecule has 2 aromatic rings. The minimum absolute atomic E-state index is 0.0135. The molecule has 0 saturated heterocycles. The van der Waals surface area contributed by atoms with Crippen molar-refractivity contribution in [3.05, 3.63) is 40.0 Å². The van der Waals surface area contributed by atoms with Crippen LogP contribution in [-0.4, -0.2) is 24.5 Å². The minimum Gasteiger partial charge on any atom is -0.476 e. The molecule has 2 N–H and O–H groups in total. The first kappa shape index (κ1) is 15.2. The van der Waals surface area contributed by atoms with E-state index in [0.29, 0.717) is 11.3 Å². The molecular formula is C11H6ClN3O4S2. The first-order valence-electron chi connectivity index (χ1n) is 5.24. The fourth-order valence-corrected chi connectivity index (χ4v) is 3.87. The third kappa shape index (κ3) is 3.13. The van der Waals surface area contributed by atoms with E-state index >= 15 is 0 Å².